The second-order valence-corrected chi connectivity index (χ2v) is 3.74. The number of ether oxygens (including phenoxy) is 1. The lowest BCUT2D eigenvalue weighted by atomic mass is 10.2. The fraction of sp³-hybridized carbons (Fsp3) is 0.333. The fourth-order valence-corrected chi connectivity index (χ4v) is 1.35. The Morgan fingerprint density at radius 3 is 3.00 bits per heavy atom. The molecule has 0 atom stereocenters. The first-order valence-electron chi connectivity index (χ1n) is 4.98. The minimum Gasteiger partial charge on any atom is -0.494 e. The van der Waals surface area contributed by atoms with Gasteiger partial charge in [0.25, 0.3) is 0 Å². The third-order valence-electron chi connectivity index (χ3n) is 1.86. The van der Waals surface area contributed by atoms with E-state index in [1.807, 2.05) is 31.2 Å². The van der Waals surface area contributed by atoms with Crippen LogP contribution in [0.4, 0.5) is 0 Å². The minimum atomic E-state index is 0.621. The van der Waals surface area contributed by atoms with Crippen LogP contribution >= 0.6 is 11.6 Å². The molecule has 0 amide bonds. The minimum absolute atomic E-state index is 0.621. The number of rotatable bonds is 6. The third-order valence-corrected chi connectivity index (χ3v) is 1.99. The molecule has 0 aliphatic heterocycles. The van der Waals surface area contributed by atoms with Crippen molar-refractivity contribution in [3.05, 3.63) is 41.4 Å². The van der Waals surface area contributed by atoms with Gasteiger partial charge in [0.05, 0.1) is 6.61 Å². The first-order valence-corrected chi connectivity index (χ1v) is 5.36. The maximum Gasteiger partial charge on any atom is 0.119 e. The monoisotopic (exact) mass is 225 g/mol. The van der Waals surface area contributed by atoms with Gasteiger partial charge in [-0.05, 0) is 24.6 Å². The van der Waals surface area contributed by atoms with Crippen LogP contribution < -0.4 is 10.1 Å². The van der Waals surface area contributed by atoms with Gasteiger partial charge in [-0.25, -0.2) is 0 Å². The zero-order valence-corrected chi connectivity index (χ0v) is 9.68. The van der Waals surface area contributed by atoms with E-state index in [0.29, 0.717) is 18.2 Å². The van der Waals surface area contributed by atoms with Crippen molar-refractivity contribution < 1.29 is 4.74 Å². The average Bonchev–Trinajstić information content (AvgIpc) is 2.18. The second kappa shape index (κ2) is 6.49. The van der Waals surface area contributed by atoms with Crippen molar-refractivity contribution >= 4 is 11.6 Å². The van der Waals surface area contributed by atoms with Crippen molar-refractivity contribution in [2.45, 2.75) is 13.5 Å². The van der Waals surface area contributed by atoms with Crippen LogP contribution in [0.2, 0.25) is 0 Å². The van der Waals surface area contributed by atoms with E-state index >= 15 is 0 Å². The lowest BCUT2D eigenvalue weighted by Gasteiger charge is -2.06. The summed E-state index contributed by atoms with van der Waals surface area (Å²) in [4.78, 5) is 0. The van der Waals surface area contributed by atoms with Crippen LogP contribution in [0, 0.1) is 0 Å². The van der Waals surface area contributed by atoms with E-state index in [-0.39, 0.29) is 0 Å². The lowest BCUT2D eigenvalue weighted by molar-refractivity contribution is 0.340. The molecule has 0 bridgehead atoms. The van der Waals surface area contributed by atoms with E-state index in [2.05, 4.69) is 11.9 Å². The molecule has 0 saturated heterocycles. The molecule has 0 unspecified atom stereocenters. The van der Waals surface area contributed by atoms with Gasteiger partial charge < -0.3 is 10.1 Å². The SMILES string of the molecule is C=C(Cl)CNCc1cccc(OCC)c1. The second-order valence-electron chi connectivity index (χ2n) is 3.20. The molecule has 1 rings (SSSR count). The van der Waals surface area contributed by atoms with Crippen molar-refractivity contribution in [2.75, 3.05) is 13.2 Å². The van der Waals surface area contributed by atoms with Gasteiger partial charge in [-0.2, -0.15) is 0 Å². The van der Waals surface area contributed by atoms with Crippen LogP contribution in [0.25, 0.3) is 0 Å². The molecule has 0 aliphatic rings. The highest BCUT2D eigenvalue weighted by Gasteiger charge is 1.96. The molecule has 15 heavy (non-hydrogen) atoms. The zero-order valence-electron chi connectivity index (χ0n) is 8.92. The van der Waals surface area contributed by atoms with Gasteiger partial charge in [-0.1, -0.05) is 30.3 Å². The highest BCUT2D eigenvalue weighted by Crippen LogP contribution is 2.13. The summed E-state index contributed by atoms with van der Waals surface area (Å²) in [5, 5.41) is 3.80. The van der Waals surface area contributed by atoms with Crippen molar-refractivity contribution in [1.82, 2.24) is 5.32 Å². The van der Waals surface area contributed by atoms with Crippen molar-refractivity contribution in [3.63, 3.8) is 0 Å². The largest absolute Gasteiger partial charge is 0.494 e. The highest BCUT2D eigenvalue weighted by molar-refractivity contribution is 6.29. The van der Waals surface area contributed by atoms with Gasteiger partial charge in [-0.3, -0.25) is 0 Å². The maximum absolute atomic E-state index is 5.64. The standard InChI is InChI=1S/C12H16ClNO/c1-3-15-12-6-4-5-11(7-12)9-14-8-10(2)13/h4-7,14H,2-3,8-9H2,1H3. The molecule has 0 fully saturated rings. The Labute approximate surface area is 95.9 Å². The van der Waals surface area contributed by atoms with E-state index in [1.165, 1.54) is 5.56 Å². The molecule has 82 valence electrons. The van der Waals surface area contributed by atoms with Crippen LogP contribution in [-0.4, -0.2) is 13.2 Å². The number of benzene rings is 1. The molecule has 0 radical (unpaired) electrons. The van der Waals surface area contributed by atoms with Gasteiger partial charge in [0, 0.05) is 18.1 Å². The maximum atomic E-state index is 5.64. The van der Waals surface area contributed by atoms with Crippen molar-refractivity contribution in [2.24, 2.45) is 0 Å². The molecule has 3 heteroatoms. The van der Waals surface area contributed by atoms with Crippen LogP contribution in [-0.2, 0) is 6.54 Å². The summed E-state index contributed by atoms with van der Waals surface area (Å²) in [6.45, 7) is 7.67. The Morgan fingerprint density at radius 1 is 1.53 bits per heavy atom. The predicted octanol–water partition coefficient (Wildman–Crippen LogP) is 2.93. The number of hydrogen-bond acceptors (Lipinski definition) is 2. The number of halogens is 1. The molecule has 0 saturated carbocycles. The van der Waals surface area contributed by atoms with Crippen LogP contribution in [0.1, 0.15) is 12.5 Å². The molecule has 0 aromatic heterocycles. The van der Waals surface area contributed by atoms with Crippen LogP contribution in [0.5, 0.6) is 5.75 Å². The van der Waals surface area contributed by atoms with Crippen molar-refractivity contribution in [3.8, 4) is 5.75 Å². The molecule has 2 nitrogen and oxygen atoms in total. The Kier molecular flexibility index (Phi) is 5.22. The Hall–Kier alpha value is -0.990. The van der Waals surface area contributed by atoms with Crippen molar-refractivity contribution in [1.29, 1.82) is 0 Å². The fourth-order valence-electron chi connectivity index (χ4n) is 1.25. The first kappa shape index (κ1) is 12.1. The van der Waals surface area contributed by atoms with Gasteiger partial charge >= 0.3 is 0 Å². The zero-order chi connectivity index (χ0) is 11.1. The number of nitrogens with one attached hydrogen (secondary N) is 1. The molecular weight excluding hydrogens is 210 g/mol. The van der Waals surface area contributed by atoms with E-state index in [9.17, 15) is 0 Å². The summed E-state index contributed by atoms with van der Waals surface area (Å²) >= 11 is 5.64. The Bertz CT molecular complexity index is 325. The summed E-state index contributed by atoms with van der Waals surface area (Å²) < 4.78 is 5.40. The quantitative estimate of drug-likeness (QED) is 0.804. The van der Waals surface area contributed by atoms with Crippen LogP contribution in [0.15, 0.2) is 35.9 Å². The molecule has 0 aliphatic carbocycles. The molecule has 0 spiro atoms. The first-order chi connectivity index (χ1) is 7.22. The number of hydrogen-bond donors (Lipinski definition) is 1. The highest BCUT2D eigenvalue weighted by atomic mass is 35.5. The Balaban J connectivity index is 2.46. The van der Waals surface area contributed by atoms with E-state index in [0.717, 1.165) is 12.3 Å². The molecular formula is C12H16ClNO. The van der Waals surface area contributed by atoms with Gasteiger partial charge in [-0.15, -0.1) is 0 Å². The molecule has 0 heterocycles. The normalized spacial score (nSPS) is 10.0. The van der Waals surface area contributed by atoms with Gasteiger partial charge in [0.15, 0.2) is 0 Å². The summed E-state index contributed by atoms with van der Waals surface area (Å²) in [6, 6.07) is 8.00. The summed E-state index contributed by atoms with van der Waals surface area (Å²) in [6.07, 6.45) is 0. The molecule has 1 N–H and O–H groups in total. The topological polar surface area (TPSA) is 21.3 Å². The summed E-state index contributed by atoms with van der Waals surface area (Å²) in [5.41, 5.74) is 1.18. The lowest BCUT2D eigenvalue weighted by Crippen LogP contribution is -2.14. The molecule has 1 aromatic rings. The predicted molar refractivity (Wildman–Crippen MR) is 64.3 cm³/mol. The smallest absolute Gasteiger partial charge is 0.119 e. The van der Waals surface area contributed by atoms with E-state index < -0.39 is 0 Å². The van der Waals surface area contributed by atoms with E-state index in [1.54, 1.807) is 0 Å². The summed E-state index contributed by atoms with van der Waals surface area (Å²) in [7, 11) is 0. The van der Waals surface area contributed by atoms with Crippen LogP contribution in [0.3, 0.4) is 0 Å². The van der Waals surface area contributed by atoms with E-state index in [4.69, 9.17) is 16.3 Å². The molecule has 1 aromatic carbocycles. The van der Waals surface area contributed by atoms with Gasteiger partial charge in [0.2, 0.25) is 0 Å². The average molecular weight is 226 g/mol. The summed E-state index contributed by atoms with van der Waals surface area (Å²) in [5.74, 6) is 0.904. The third kappa shape index (κ3) is 4.86. The van der Waals surface area contributed by atoms with Gasteiger partial charge in [0.1, 0.15) is 5.75 Å². The Morgan fingerprint density at radius 2 is 2.33 bits per heavy atom.